The van der Waals surface area contributed by atoms with Crippen LogP contribution in [0, 0.1) is 11.3 Å². The number of benzene rings is 2. The molecule has 0 radical (unpaired) electrons. The van der Waals surface area contributed by atoms with Crippen molar-refractivity contribution in [2.75, 3.05) is 79.9 Å². The summed E-state index contributed by atoms with van der Waals surface area (Å²) in [7, 11) is 1.36. The van der Waals surface area contributed by atoms with Crippen LogP contribution in [0.5, 0.6) is 0 Å². The van der Waals surface area contributed by atoms with Gasteiger partial charge in [-0.25, -0.2) is 15.0 Å². The molecule has 3 aromatic rings. The van der Waals surface area contributed by atoms with Crippen LogP contribution >= 0.6 is 0 Å². The predicted octanol–water partition coefficient (Wildman–Crippen LogP) is 1.60. The number of carbonyl (C=O) groups is 3. The van der Waals surface area contributed by atoms with Crippen LogP contribution < -0.4 is 37.5 Å². The predicted molar refractivity (Wildman–Crippen MR) is 204 cm³/mol. The van der Waals surface area contributed by atoms with Crippen LogP contribution in [0.15, 0.2) is 65.5 Å². The van der Waals surface area contributed by atoms with E-state index in [2.05, 4.69) is 77.4 Å². The van der Waals surface area contributed by atoms with Crippen molar-refractivity contribution >= 4 is 47.2 Å². The quantitative estimate of drug-likeness (QED) is 0.0347. The van der Waals surface area contributed by atoms with Crippen LogP contribution in [-0.2, 0) is 24.0 Å². The molecule has 9 N–H and O–H groups in total. The van der Waals surface area contributed by atoms with Gasteiger partial charge in [-0.1, -0.05) is 36.4 Å². The first-order valence-electron chi connectivity index (χ1n) is 17.5. The van der Waals surface area contributed by atoms with Gasteiger partial charge >= 0.3 is 12.4 Å². The number of para-hydroxylation sites is 2. The number of ether oxygens (including phenoxy) is 1. The highest BCUT2D eigenvalue weighted by molar-refractivity contribution is 6.05. The number of H-pyrrole nitrogens is 1. The Morgan fingerprint density at radius 3 is 1.75 bits per heavy atom. The van der Waals surface area contributed by atoms with Gasteiger partial charge in [0.2, 0.25) is 5.95 Å². The summed E-state index contributed by atoms with van der Waals surface area (Å²) < 4.78 is 4.86. The summed E-state index contributed by atoms with van der Waals surface area (Å²) >= 11 is 0. The molecule has 1 atom stereocenters. The van der Waals surface area contributed by atoms with Crippen molar-refractivity contribution < 1.29 is 30.7 Å². The smallest absolute Gasteiger partial charge is 0.330 e. The topological polar surface area (TPSA) is 251 Å². The molecule has 17 nitrogen and oxygen atoms in total. The number of methoxy groups -OCH3 is 1. The van der Waals surface area contributed by atoms with Gasteiger partial charge in [0.05, 0.1) is 12.8 Å². The summed E-state index contributed by atoms with van der Waals surface area (Å²) in [6.45, 7) is 6.41. The lowest BCUT2D eigenvalue weighted by Gasteiger charge is -2.38. The summed E-state index contributed by atoms with van der Waals surface area (Å²) in [4.78, 5) is 64.3. The van der Waals surface area contributed by atoms with E-state index in [0.29, 0.717) is 19.0 Å². The Kier molecular flexibility index (Phi) is 15.0. The zero-order valence-corrected chi connectivity index (χ0v) is 29.9. The summed E-state index contributed by atoms with van der Waals surface area (Å²) in [6.07, 6.45) is 4.03. The molecule has 0 bridgehead atoms. The summed E-state index contributed by atoms with van der Waals surface area (Å²) in [5, 5.41) is 13.1. The molecule has 7 rings (SSSR count). The number of hydrogen-bond acceptors (Lipinski definition) is 14. The lowest BCUT2D eigenvalue weighted by atomic mass is 10.1. The number of ketones is 1. The van der Waals surface area contributed by atoms with E-state index in [-0.39, 0.29) is 37.1 Å². The Hall–Kier alpha value is -5.68. The number of Topliss-reactive ketones (excluding diaryl/α,β-unsaturated/α-hetero) is 1. The monoisotopic (exact) mass is 736 g/mol. The lowest BCUT2D eigenvalue weighted by molar-refractivity contribution is -0.217. The first-order valence-corrected chi connectivity index (χ1v) is 17.5. The third kappa shape index (κ3) is 11.9. The fourth-order valence-electron chi connectivity index (χ4n) is 6.30. The third-order valence-electron chi connectivity index (χ3n) is 9.14. The number of rotatable bonds is 9. The van der Waals surface area contributed by atoms with E-state index >= 15 is 0 Å². The van der Waals surface area contributed by atoms with E-state index in [1.165, 1.54) is 18.5 Å². The number of piperazine rings is 2. The third-order valence-corrected chi connectivity index (χ3v) is 9.14. The van der Waals surface area contributed by atoms with E-state index in [9.17, 15) is 14.4 Å². The summed E-state index contributed by atoms with van der Waals surface area (Å²) in [6, 6.07) is 19.9. The number of hydrogen-bond donors (Lipinski definition) is 6. The Labute approximate surface area is 309 Å². The van der Waals surface area contributed by atoms with Crippen LogP contribution in [0.1, 0.15) is 38.7 Å². The van der Waals surface area contributed by atoms with Gasteiger partial charge in [-0.05, 0) is 49.9 Å². The normalized spacial score (nSPS) is 17.3. The number of aromatic amines is 1. The van der Waals surface area contributed by atoms with Crippen molar-refractivity contribution in [1.29, 1.82) is 5.41 Å². The molecule has 2 saturated heterocycles. The molecule has 2 saturated carbocycles. The fraction of sp³-hybridized carbons (Fsp3) is 0.444. The number of nitrogen functional groups attached to an aromatic ring is 1. The molecule has 53 heavy (non-hydrogen) atoms. The Balaban J connectivity index is 0.000000239. The molecular weight excluding hydrogens is 684 g/mol. The van der Waals surface area contributed by atoms with Gasteiger partial charge in [-0.2, -0.15) is 0 Å². The van der Waals surface area contributed by atoms with Gasteiger partial charge in [-0.3, -0.25) is 29.7 Å². The molecule has 0 spiro atoms. The second-order valence-electron chi connectivity index (χ2n) is 12.9. The van der Waals surface area contributed by atoms with Crippen molar-refractivity contribution in [1.82, 2.24) is 14.9 Å². The summed E-state index contributed by atoms with van der Waals surface area (Å²) in [5.74, 6) is -0.00773. The van der Waals surface area contributed by atoms with Gasteiger partial charge in [0, 0.05) is 77.0 Å². The Bertz CT molecular complexity index is 1690. The molecule has 288 valence electrons. The lowest BCUT2D eigenvalue weighted by Crippen LogP contribution is -2.56. The molecule has 1 unspecified atom stereocenters. The molecule has 2 aliphatic carbocycles. The molecule has 1 aromatic heterocycles. The minimum Gasteiger partial charge on any atom is -0.468 e. The van der Waals surface area contributed by atoms with E-state index in [1.54, 1.807) is 0 Å². The molecule has 2 aliphatic heterocycles. The number of esters is 1. The largest absolute Gasteiger partial charge is 0.468 e. The highest BCUT2D eigenvalue weighted by atomic mass is 17.1. The van der Waals surface area contributed by atoms with Gasteiger partial charge in [-0.15, -0.1) is 0 Å². The SMILES string of the molecule is COC(=O)C(C(=O)C1CC1)N1CCN(c2ccccc2)CC1.N=C(N)N.Nc1nc(C2CC2)c(N2CCN(c3ccccc3)CC2)c(=O)[nH]1.O=COO.[HH]. The highest BCUT2D eigenvalue weighted by Crippen LogP contribution is 2.42. The average Bonchev–Trinajstić information content (AvgIpc) is 4.10. The number of carbonyl (C=O) groups excluding carboxylic acids is 3. The van der Waals surface area contributed by atoms with Crippen LogP contribution in [0.4, 0.5) is 23.0 Å². The van der Waals surface area contributed by atoms with Crippen molar-refractivity contribution in [3.8, 4) is 0 Å². The van der Waals surface area contributed by atoms with Gasteiger partial charge in [0.25, 0.3) is 5.56 Å². The number of aromatic nitrogens is 2. The van der Waals surface area contributed by atoms with E-state index < -0.39 is 12.0 Å². The van der Waals surface area contributed by atoms with Gasteiger partial charge < -0.3 is 41.5 Å². The van der Waals surface area contributed by atoms with Crippen LogP contribution in [0.25, 0.3) is 0 Å². The van der Waals surface area contributed by atoms with Crippen molar-refractivity contribution in [3.05, 3.63) is 76.7 Å². The van der Waals surface area contributed by atoms with Crippen LogP contribution in [-0.4, -0.2) is 110 Å². The van der Waals surface area contributed by atoms with E-state index in [0.717, 1.165) is 76.3 Å². The maximum absolute atomic E-state index is 12.4. The second-order valence-corrected chi connectivity index (χ2v) is 12.9. The van der Waals surface area contributed by atoms with Crippen molar-refractivity contribution in [2.24, 2.45) is 17.4 Å². The number of nitrogens with two attached hydrogens (primary N) is 3. The first kappa shape index (κ1) is 40.1. The zero-order valence-electron chi connectivity index (χ0n) is 29.9. The van der Waals surface area contributed by atoms with Crippen LogP contribution in [0.2, 0.25) is 0 Å². The minimum absolute atomic E-state index is 0. The number of nitrogens with one attached hydrogen (secondary N) is 2. The Morgan fingerprint density at radius 1 is 0.887 bits per heavy atom. The molecule has 3 heterocycles. The fourth-order valence-corrected chi connectivity index (χ4v) is 6.30. The molecule has 2 aromatic carbocycles. The summed E-state index contributed by atoms with van der Waals surface area (Å²) in [5.41, 5.74) is 18.6. The molecular formula is C36H52N10O7. The number of guanidine groups is 1. The minimum atomic E-state index is -0.713. The highest BCUT2D eigenvalue weighted by Gasteiger charge is 2.43. The molecule has 0 amide bonds. The molecule has 17 heteroatoms. The van der Waals surface area contributed by atoms with Gasteiger partial charge in [0.1, 0.15) is 5.69 Å². The zero-order chi connectivity index (χ0) is 38.3. The first-order chi connectivity index (χ1) is 25.6. The molecule has 4 aliphatic rings. The maximum atomic E-state index is 12.4. The second kappa shape index (κ2) is 19.8. The van der Waals surface area contributed by atoms with Crippen LogP contribution in [0.3, 0.4) is 0 Å². The van der Waals surface area contributed by atoms with Gasteiger partial charge in [0.15, 0.2) is 17.8 Å². The van der Waals surface area contributed by atoms with Crippen molar-refractivity contribution in [2.45, 2.75) is 37.6 Å². The standard InChI is InChI=1S/C17H21N5O.C17H22N2O3.CH5N3.CH2O3.H2/c18-17-19-14(12-6-7-12)15(16(23)20-17)22-10-8-21(9-11-22)13-4-2-1-3-5-13;1-22-17(21)15(16(20)13-7-8-13)19-11-9-18(10-12-19)14-5-3-2-4-6-14;2-1(3)4;2-1-4-3;/h1-5,12H,6-11H2,(H3,18,19,20,23);2-6,13,15H,7-12H2,1H3;(H5,2,3,4);1,3H;1H. The van der Waals surface area contributed by atoms with E-state index in [4.69, 9.17) is 25.9 Å². The Morgan fingerprint density at radius 2 is 1.34 bits per heavy atom. The van der Waals surface area contributed by atoms with E-state index in [1.807, 2.05) is 29.2 Å². The number of nitrogens with zero attached hydrogens (tertiary/aromatic N) is 5. The molecule has 4 fully saturated rings. The number of anilines is 4. The average molecular weight is 737 g/mol. The van der Waals surface area contributed by atoms with Crippen molar-refractivity contribution in [3.63, 3.8) is 0 Å². The maximum Gasteiger partial charge on any atom is 0.330 e.